The van der Waals surface area contributed by atoms with Gasteiger partial charge < -0.3 is 15.6 Å². The molecule has 1 saturated carbocycles. The van der Waals surface area contributed by atoms with Gasteiger partial charge in [0.15, 0.2) is 0 Å². The van der Waals surface area contributed by atoms with Crippen LogP contribution in [0, 0.1) is 24.2 Å². The standard InChI is InChI=1S/C31H38N4O2/c1-7-12-24(15-11-16-29(36)33-26(13-8-2)14-9-3)30-34-27(10-4)28(35-30)21-23(6)32-31(37)25-19-17-22(5)18-20-25/h4,7-9,11-16,21-22,25H,2,17-20H2,1,3,5-6H3,(H,32,37)(H,33,36)(H,34,35)/b12-7-,14-9-,16-11+,23-21+,24-15+,26-13+. The first-order valence-electron chi connectivity index (χ1n) is 12.6. The van der Waals surface area contributed by atoms with Crippen LogP contribution in [0.3, 0.4) is 0 Å². The van der Waals surface area contributed by atoms with E-state index in [9.17, 15) is 9.59 Å². The lowest BCUT2D eigenvalue weighted by molar-refractivity contribution is -0.125. The van der Waals surface area contributed by atoms with Crippen LogP contribution in [-0.4, -0.2) is 21.8 Å². The van der Waals surface area contributed by atoms with Crippen molar-refractivity contribution in [3.63, 3.8) is 0 Å². The molecular weight excluding hydrogens is 460 g/mol. The molecule has 3 N–H and O–H groups in total. The van der Waals surface area contributed by atoms with E-state index in [1.165, 1.54) is 6.08 Å². The Morgan fingerprint density at radius 3 is 2.41 bits per heavy atom. The molecule has 37 heavy (non-hydrogen) atoms. The molecule has 0 bridgehead atoms. The second-order valence-corrected chi connectivity index (χ2v) is 9.09. The van der Waals surface area contributed by atoms with E-state index >= 15 is 0 Å². The molecule has 0 aliphatic heterocycles. The molecule has 1 heterocycles. The predicted octanol–water partition coefficient (Wildman–Crippen LogP) is 5.97. The first-order valence-corrected chi connectivity index (χ1v) is 12.6. The molecule has 0 saturated heterocycles. The highest BCUT2D eigenvalue weighted by Gasteiger charge is 2.24. The normalized spacial score (nSPS) is 19.4. The van der Waals surface area contributed by atoms with Gasteiger partial charge in [-0.1, -0.05) is 55.9 Å². The molecule has 0 spiro atoms. The van der Waals surface area contributed by atoms with Gasteiger partial charge in [0.05, 0.1) is 5.69 Å². The maximum absolute atomic E-state index is 12.7. The molecule has 1 aliphatic carbocycles. The number of rotatable bonds is 10. The SMILES string of the molecule is C#Cc1[nH]c(C(/C=C\C)=C/C=C/C(=O)NC(/C=C\C)=C/C=C)nc1/C=C(\C)NC(=O)C1CCC(C)CC1. The number of hydrogen-bond acceptors (Lipinski definition) is 3. The Bertz CT molecular complexity index is 1190. The number of nitrogens with one attached hydrogen (secondary N) is 3. The summed E-state index contributed by atoms with van der Waals surface area (Å²) in [7, 11) is 0. The number of aromatic nitrogens is 2. The van der Waals surface area contributed by atoms with E-state index in [0.29, 0.717) is 34.5 Å². The molecule has 194 valence electrons. The zero-order chi connectivity index (χ0) is 27.2. The van der Waals surface area contributed by atoms with Crippen molar-refractivity contribution in [1.82, 2.24) is 20.6 Å². The van der Waals surface area contributed by atoms with Crippen molar-refractivity contribution < 1.29 is 9.59 Å². The third-order valence-corrected chi connectivity index (χ3v) is 5.99. The van der Waals surface area contributed by atoms with Gasteiger partial charge in [0.2, 0.25) is 11.8 Å². The van der Waals surface area contributed by atoms with Crippen molar-refractivity contribution in [2.24, 2.45) is 11.8 Å². The summed E-state index contributed by atoms with van der Waals surface area (Å²) in [5.74, 6) is 3.71. The van der Waals surface area contributed by atoms with Crippen LogP contribution in [0.4, 0.5) is 0 Å². The molecule has 0 aromatic carbocycles. The summed E-state index contributed by atoms with van der Waals surface area (Å²) in [6.45, 7) is 11.5. The summed E-state index contributed by atoms with van der Waals surface area (Å²) < 4.78 is 0. The number of allylic oxidation sites excluding steroid dienone is 10. The van der Waals surface area contributed by atoms with Crippen molar-refractivity contribution in [3.8, 4) is 12.3 Å². The number of imidazole rings is 1. The number of carbonyl (C=O) groups is 2. The van der Waals surface area contributed by atoms with Crippen LogP contribution >= 0.6 is 0 Å². The highest BCUT2D eigenvalue weighted by atomic mass is 16.2. The van der Waals surface area contributed by atoms with E-state index in [2.05, 4.69) is 40.0 Å². The molecule has 1 aromatic rings. The van der Waals surface area contributed by atoms with E-state index in [-0.39, 0.29) is 17.7 Å². The van der Waals surface area contributed by atoms with Crippen molar-refractivity contribution >= 4 is 23.5 Å². The third kappa shape index (κ3) is 9.46. The van der Waals surface area contributed by atoms with Gasteiger partial charge in [-0.3, -0.25) is 9.59 Å². The van der Waals surface area contributed by atoms with E-state index in [1.54, 1.807) is 36.5 Å². The van der Waals surface area contributed by atoms with Crippen molar-refractivity contribution in [1.29, 1.82) is 0 Å². The van der Waals surface area contributed by atoms with Gasteiger partial charge in [-0.25, -0.2) is 4.98 Å². The number of hydrogen-bond donors (Lipinski definition) is 3. The van der Waals surface area contributed by atoms with Gasteiger partial charge in [0, 0.05) is 29.0 Å². The molecule has 0 radical (unpaired) electrons. The van der Waals surface area contributed by atoms with Crippen molar-refractivity contribution in [2.75, 3.05) is 0 Å². The minimum atomic E-state index is -0.270. The highest BCUT2D eigenvalue weighted by Crippen LogP contribution is 2.28. The average molecular weight is 499 g/mol. The fourth-order valence-corrected chi connectivity index (χ4v) is 4.06. The Kier molecular flexibility index (Phi) is 11.9. The molecule has 1 fully saturated rings. The van der Waals surface area contributed by atoms with Crippen LogP contribution in [0.5, 0.6) is 0 Å². The molecule has 2 amide bonds. The van der Waals surface area contributed by atoms with E-state index in [4.69, 9.17) is 6.42 Å². The fourth-order valence-electron chi connectivity index (χ4n) is 4.06. The first-order chi connectivity index (χ1) is 17.8. The van der Waals surface area contributed by atoms with Crippen LogP contribution in [0.1, 0.15) is 70.6 Å². The number of nitrogens with zero attached hydrogens (tertiary/aromatic N) is 1. The predicted molar refractivity (Wildman–Crippen MR) is 153 cm³/mol. The maximum Gasteiger partial charge on any atom is 0.248 e. The van der Waals surface area contributed by atoms with Crippen molar-refractivity contribution in [2.45, 2.75) is 53.4 Å². The van der Waals surface area contributed by atoms with Gasteiger partial charge >= 0.3 is 0 Å². The summed E-state index contributed by atoms with van der Waals surface area (Å²) in [5, 5.41) is 5.80. The second kappa shape index (κ2) is 15.1. The van der Waals surface area contributed by atoms with Gasteiger partial charge in [-0.05, 0) is 70.6 Å². The summed E-state index contributed by atoms with van der Waals surface area (Å²) in [6, 6.07) is 0. The molecule has 1 aliphatic rings. The summed E-state index contributed by atoms with van der Waals surface area (Å²) >= 11 is 0. The van der Waals surface area contributed by atoms with Crippen LogP contribution in [0.25, 0.3) is 11.6 Å². The van der Waals surface area contributed by atoms with Crippen LogP contribution in [0.15, 0.2) is 72.7 Å². The Morgan fingerprint density at radius 2 is 1.78 bits per heavy atom. The quantitative estimate of drug-likeness (QED) is 0.211. The Balaban J connectivity index is 2.19. The number of amides is 2. The highest BCUT2D eigenvalue weighted by molar-refractivity contribution is 5.90. The smallest absolute Gasteiger partial charge is 0.248 e. The topological polar surface area (TPSA) is 86.9 Å². The largest absolute Gasteiger partial charge is 0.331 e. The third-order valence-electron chi connectivity index (χ3n) is 5.99. The fraction of sp³-hybridized carbons (Fsp3) is 0.323. The van der Waals surface area contributed by atoms with Crippen LogP contribution in [0.2, 0.25) is 0 Å². The van der Waals surface area contributed by atoms with Gasteiger partial charge in [0.25, 0.3) is 0 Å². The minimum Gasteiger partial charge on any atom is -0.331 e. The zero-order valence-corrected chi connectivity index (χ0v) is 22.3. The van der Waals surface area contributed by atoms with Gasteiger partial charge in [-0.15, -0.1) is 6.42 Å². The molecule has 0 unspecified atom stereocenters. The molecule has 1 aromatic heterocycles. The summed E-state index contributed by atoms with van der Waals surface area (Å²) in [5.41, 5.74) is 3.16. The van der Waals surface area contributed by atoms with Gasteiger partial charge in [0.1, 0.15) is 11.5 Å². The summed E-state index contributed by atoms with van der Waals surface area (Å²) in [6.07, 6.45) is 27.1. The second-order valence-electron chi connectivity index (χ2n) is 9.09. The van der Waals surface area contributed by atoms with Crippen molar-refractivity contribution in [3.05, 3.63) is 89.9 Å². The lowest BCUT2D eigenvalue weighted by Crippen LogP contribution is -2.31. The Morgan fingerprint density at radius 1 is 1.08 bits per heavy atom. The summed E-state index contributed by atoms with van der Waals surface area (Å²) in [4.78, 5) is 32.8. The van der Waals surface area contributed by atoms with E-state index < -0.39 is 0 Å². The van der Waals surface area contributed by atoms with E-state index in [1.807, 2.05) is 39.0 Å². The molecule has 0 atom stereocenters. The lowest BCUT2D eigenvalue weighted by Gasteiger charge is -2.25. The molecule has 2 rings (SSSR count). The van der Waals surface area contributed by atoms with E-state index in [0.717, 1.165) is 31.3 Å². The number of aromatic amines is 1. The Hall–Kier alpha value is -4.11. The minimum absolute atomic E-state index is 0.0518. The number of carbonyl (C=O) groups excluding carboxylic acids is 2. The number of terminal acetylenes is 1. The van der Waals surface area contributed by atoms with Crippen LogP contribution in [-0.2, 0) is 9.59 Å². The molecule has 6 nitrogen and oxygen atoms in total. The Labute approximate surface area is 221 Å². The first kappa shape index (κ1) is 29.1. The molecule has 6 heteroatoms. The number of H-pyrrole nitrogens is 1. The maximum atomic E-state index is 12.7. The zero-order valence-electron chi connectivity index (χ0n) is 22.3. The molecular formula is C31H38N4O2. The van der Waals surface area contributed by atoms with Gasteiger partial charge in [-0.2, -0.15) is 0 Å². The van der Waals surface area contributed by atoms with Crippen LogP contribution < -0.4 is 10.6 Å². The lowest BCUT2D eigenvalue weighted by atomic mass is 9.82. The monoisotopic (exact) mass is 498 g/mol. The average Bonchev–Trinajstić information content (AvgIpc) is 3.26.